The standard InChI is InChI=1S/C9H14F3N/c1-13(2)8-5-3-4-7(6-8)9(10,11)12/h4,8H,3,5-6H2,1-2H3. The number of allylic oxidation sites excluding steroid dienone is 1. The molecule has 0 heterocycles. The van der Waals surface area contributed by atoms with E-state index in [1.165, 1.54) is 6.08 Å². The number of hydrogen-bond acceptors (Lipinski definition) is 1. The second-order valence-electron chi connectivity index (χ2n) is 3.63. The molecule has 0 bridgehead atoms. The summed E-state index contributed by atoms with van der Waals surface area (Å²) in [7, 11) is 3.65. The highest BCUT2D eigenvalue weighted by atomic mass is 19.4. The fourth-order valence-corrected chi connectivity index (χ4v) is 1.56. The first kappa shape index (κ1) is 10.6. The smallest absolute Gasteiger partial charge is 0.306 e. The van der Waals surface area contributed by atoms with E-state index in [4.69, 9.17) is 0 Å². The van der Waals surface area contributed by atoms with Crippen molar-refractivity contribution in [2.45, 2.75) is 31.5 Å². The molecule has 76 valence electrons. The molecule has 4 heteroatoms. The average Bonchev–Trinajstić information content (AvgIpc) is 2.03. The van der Waals surface area contributed by atoms with E-state index in [-0.39, 0.29) is 18.0 Å². The van der Waals surface area contributed by atoms with Gasteiger partial charge in [0.15, 0.2) is 0 Å². The molecule has 0 fully saturated rings. The Bertz CT molecular complexity index is 205. The molecule has 0 radical (unpaired) electrons. The van der Waals surface area contributed by atoms with E-state index in [0.29, 0.717) is 6.42 Å². The van der Waals surface area contributed by atoms with E-state index in [2.05, 4.69) is 0 Å². The van der Waals surface area contributed by atoms with Crippen LogP contribution in [0.3, 0.4) is 0 Å². The van der Waals surface area contributed by atoms with Crippen LogP contribution in [0, 0.1) is 0 Å². The van der Waals surface area contributed by atoms with Gasteiger partial charge < -0.3 is 4.90 Å². The lowest BCUT2D eigenvalue weighted by Crippen LogP contribution is -2.32. The van der Waals surface area contributed by atoms with Gasteiger partial charge in [-0.25, -0.2) is 0 Å². The van der Waals surface area contributed by atoms with Crippen molar-refractivity contribution in [1.29, 1.82) is 0 Å². The van der Waals surface area contributed by atoms with E-state index >= 15 is 0 Å². The predicted molar refractivity (Wildman–Crippen MR) is 45.5 cm³/mol. The van der Waals surface area contributed by atoms with Gasteiger partial charge in [-0.3, -0.25) is 0 Å². The van der Waals surface area contributed by atoms with Gasteiger partial charge in [0, 0.05) is 11.6 Å². The predicted octanol–water partition coefficient (Wildman–Crippen LogP) is 2.59. The van der Waals surface area contributed by atoms with Crippen LogP contribution in [0.5, 0.6) is 0 Å². The van der Waals surface area contributed by atoms with Crippen LogP contribution in [0.4, 0.5) is 13.2 Å². The summed E-state index contributed by atoms with van der Waals surface area (Å²) in [5.74, 6) is 0. The summed E-state index contributed by atoms with van der Waals surface area (Å²) in [5, 5.41) is 0. The van der Waals surface area contributed by atoms with Gasteiger partial charge in [0.1, 0.15) is 0 Å². The second kappa shape index (κ2) is 3.70. The lowest BCUT2D eigenvalue weighted by molar-refractivity contribution is -0.0968. The van der Waals surface area contributed by atoms with Gasteiger partial charge in [-0.05, 0) is 33.4 Å². The van der Waals surface area contributed by atoms with Crippen molar-refractivity contribution in [2.75, 3.05) is 14.1 Å². The molecule has 0 saturated carbocycles. The largest absolute Gasteiger partial charge is 0.412 e. The Morgan fingerprint density at radius 1 is 1.38 bits per heavy atom. The molecule has 1 nitrogen and oxygen atoms in total. The van der Waals surface area contributed by atoms with E-state index in [0.717, 1.165) is 6.42 Å². The van der Waals surface area contributed by atoms with Crippen molar-refractivity contribution in [3.8, 4) is 0 Å². The van der Waals surface area contributed by atoms with E-state index in [9.17, 15) is 13.2 Å². The maximum Gasteiger partial charge on any atom is 0.412 e. The minimum atomic E-state index is -4.13. The average molecular weight is 193 g/mol. The van der Waals surface area contributed by atoms with Crippen molar-refractivity contribution in [3.05, 3.63) is 11.6 Å². The van der Waals surface area contributed by atoms with Gasteiger partial charge in [-0.1, -0.05) is 6.08 Å². The second-order valence-corrected chi connectivity index (χ2v) is 3.63. The summed E-state index contributed by atoms with van der Waals surface area (Å²) < 4.78 is 36.9. The molecule has 0 amide bonds. The molecule has 0 N–H and O–H groups in total. The molecule has 1 aliphatic rings. The lowest BCUT2D eigenvalue weighted by Gasteiger charge is -2.29. The van der Waals surface area contributed by atoms with Gasteiger partial charge in [0.2, 0.25) is 0 Å². The monoisotopic (exact) mass is 193 g/mol. The Balaban J connectivity index is 2.65. The molecule has 1 aliphatic carbocycles. The fourth-order valence-electron chi connectivity index (χ4n) is 1.56. The highest BCUT2D eigenvalue weighted by molar-refractivity contribution is 5.14. The summed E-state index contributed by atoms with van der Waals surface area (Å²) in [4.78, 5) is 1.86. The maximum atomic E-state index is 12.3. The minimum Gasteiger partial charge on any atom is -0.306 e. The molecule has 1 rings (SSSR count). The van der Waals surface area contributed by atoms with Crippen molar-refractivity contribution in [1.82, 2.24) is 4.90 Å². The number of hydrogen-bond donors (Lipinski definition) is 0. The van der Waals surface area contributed by atoms with Crippen LogP contribution in [-0.2, 0) is 0 Å². The zero-order valence-corrected chi connectivity index (χ0v) is 7.86. The Kier molecular flexibility index (Phi) is 3.01. The molecule has 0 aromatic carbocycles. The minimum absolute atomic E-state index is 0.0432. The van der Waals surface area contributed by atoms with Gasteiger partial charge in [-0.15, -0.1) is 0 Å². The fraction of sp³-hybridized carbons (Fsp3) is 0.778. The molecular weight excluding hydrogens is 179 g/mol. The normalized spacial score (nSPS) is 24.8. The zero-order valence-electron chi connectivity index (χ0n) is 7.86. The SMILES string of the molecule is CN(C)C1CCC=C(C(F)(F)F)C1. The van der Waals surface area contributed by atoms with Crippen LogP contribution in [-0.4, -0.2) is 31.2 Å². The van der Waals surface area contributed by atoms with Crippen LogP contribution in [0.1, 0.15) is 19.3 Å². The van der Waals surface area contributed by atoms with E-state index in [1.807, 2.05) is 19.0 Å². The van der Waals surface area contributed by atoms with Gasteiger partial charge in [0.25, 0.3) is 0 Å². The quantitative estimate of drug-likeness (QED) is 0.578. The van der Waals surface area contributed by atoms with Gasteiger partial charge >= 0.3 is 6.18 Å². The first-order valence-corrected chi connectivity index (χ1v) is 4.34. The van der Waals surface area contributed by atoms with Crippen molar-refractivity contribution < 1.29 is 13.2 Å². The third-order valence-corrected chi connectivity index (χ3v) is 2.44. The summed E-state index contributed by atoms with van der Waals surface area (Å²) in [6.07, 6.45) is -1.31. The maximum absolute atomic E-state index is 12.3. The van der Waals surface area contributed by atoms with Gasteiger partial charge in [-0.2, -0.15) is 13.2 Å². The number of alkyl halides is 3. The summed E-state index contributed by atoms with van der Waals surface area (Å²) in [5.41, 5.74) is -0.363. The summed E-state index contributed by atoms with van der Waals surface area (Å²) >= 11 is 0. The Morgan fingerprint density at radius 3 is 2.46 bits per heavy atom. The molecule has 13 heavy (non-hydrogen) atoms. The molecule has 1 unspecified atom stereocenters. The Hall–Kier alpha value is -0.510. The van der Waals surface area contributed by atoms with Crippen LogP contribution in [0.2, 0.25) is 0 Å². The van der Waals surface area contributed by atoms with Crippen LogP contribution < -0.4 is 0 Å². The lowest BCUT2D eigenvalue weighted by atomic mass is 9.94. The van der Waals surface area contributed by atoms with Gasteiger partial charge in [0.05, 0.1) is 0 Å². The molecule has 0 aliphatic heterocycles. The van der Waals surface area contributed by atoms with E-state index < -0.39 is 6.18 Å². The van der Waals surface area contributed by atoms with E-state index in [1.54, 1.807) is 0 Å². The molecule has 0 saturated heterocycles. The molecule has 0 spiro atoms. The molecule has 0 aromatic heterocycles. The molecular formula is C9H14F3N. The third-order valence-electron chi connectivity index (χ3n) is 2.44. The number of rotatable bonds is 1. The first-order chi connectivity index (χ1) is 5.91. The Morgan fingerprint density at radius 2 is 2.00 bits per heavy atom. The van der Waals surface area contributed by atoms with Crippen LogP contribution >= 0.6 is 0 Å². The summed E-state index contributed by atoms with van der Waals surface area (Å²) in [6, 6.07) is 0.0432. The van der Waals surface area contributed by atoms with Crippen molar-refractivity contribution >= 4 is 0 Å². The zero-order chi connectivity index (χ0) is 10.1. The molecule has 1 atom stereocenters. The topological polar surface area (TPSA) is 3.24 Å². The van der Waals surface area contributed by atoms with Crippen LogP contribution in [0.15, 0.2) is 11.6 Å². The first-order valence-electron chi connectivity index (χ1n) is 4.34. The summed E-state index contributed by atoms with van der Waals surface area (Å²) in [6.45, 7) is 0. The van der Waals surface area contributed by atoms with Crippen LogP contribution in [0.25, 0.3) is 0 Å². The number of halogens is 3. The Labute approximate surface area is 76.2 Å². The highest BCUT2D eigenvalue weighted by Crippen LogP contribution is 2.34. The van der Waals surface area contributed by atoms with Crippen molar-refractivity contribution in [2.24, 2.45) is 0 Å². The molecule has 0 aromatic rings. The third kappa shape index (κ3) is 2.72. The number of nitrogens with zero attached hydrogens (tertiary/aromatic N) is 1. The van der Waals surface area contributed by atoms with Crippen molar-refractivity contribution in [3.63, 3.8) is 0 Å². The highest BCUT2D eigenvalue weighted by Gasteiger charge is 2.36.